The predicted molar refractivity (Wildman–Crippen MR) is 123 cm³/mol. The third kappa shape index (κ3) is 4.14. The molecule has 1 aliphatic carbocycles. The highest BCUT2D eigenvalue weighted by Crippen LogP contribution is 2.43. The van der Waals surface area contributed by atoms with Crippen molar-refractivity contribution in [3.63, 3.8) is 0 Å². The van der Waals surface area contributed by atoms with Gasteiger partial charge in [-0.15, -0.1) is 0 Å². The maximum Gasteiger partial charge on any atom is 0.433 e. The quantitative estimate of drug-likeness (QED) is 0.286. The number of aromatic nitrogens is 3. The van der Waals surface area contributed by atoms with E-state index in [2.05, 4.69) is 15.0 Å². The smallest absolute Gasteiger partial charge is 0.358 e. The molecule has 0 fully saturated rings. The molecule has 5 rings (SSSR count). The monoisotopic (exact) mass is 503 g/mol. The summed E-state index contributed by atoms with van der Waals surface area (Å²) in [6.07, 6.45) is -2.22. The summed E-state index contributed by atoms with van der Waals surface area (Å²) in [5.74, 6) is -3.43. The summed E-state index contributed by atoms with van der Waals surface area (Å²) in [6.45, 7) is 3.11. The first-order chi connectivity index (χ1) is 17.1. The molecule has 0 spiro atoms. The molecule has 9 heteroatoms. The minimum absolute atomic E-state index is 0.0408. The van der Waals surface area contributed by atoms with Crippen molar-refractivity contribution in [1.29, 1.82) is 0 Å². The average Bonchev–Trinajstić information content (AvgIpc) is 3.19. The lowest BCUT2D eigenvalue weighted by Gasteiger charge is -2.26. The summed E-state index contributed by atoms with van der Waals surface area (Å²) >= 11 is 0. The second-order valence-corrected chi connectivity index (χ2v) is 9.40. The number of aryl methyl sites for hydroxylation is 3. The largest absolute Gasteiger partial charge is 0.433 e. The molecule has 2 aromatic carbocycles. The fourth-order valence-corrected chi connectivity index (χ4v) is 5.19. The Morgan fingerprint density at radius 1 is 0.861 bits per heavy atom. The number of nitrogens with one attached hydrogen (secondary N) is 1. The van der Waals surface area contributed by atoms with Gasteiger partial charge in [0.15, 0.2) is 11.6 Å². The molecule has 4 aromatic rings. The molecule has 0 radical (unpaired) electrons. The number of hydrogen-bond donors (Lipinski definition) is 1. The third-order valence-corrected chi connectivity index (χ3v) is 7.14. The number of aromatic amines is 1. The Morgan fingerprint density at radius 2 is 1.58 bits per heavy atom. The molecule has 3 nitrogen and oxygen atoms in total. The molecular weight excluding hydrogens is 480 g/mol. The van der Waals surface area contributed by atoms with Crippen molar-refractivity contribution < 1.29 is 26.3 Å². The number of alkyl halides is 3. The van der Waals surface area contributed by atoms with Crippen molar-refractivity contribution >= 4 is 10.9 Å². The van der Waals surface area contributed by atoms with E-state index in [1.165, 1.54) is 19.1 Å². The van der Waals surface area contributed by atoms with Gasteiger partial charge in [-0.05, 0) is 73.9 Å². The lowest BCUT2D eigenvalue weighted by Crippen LogP contribution is -2.17. The van der Waals surface area contributed by atoms with Crippen LogP contribution in [0, 0.1) is 31.3 Å². The second-order valence-electron chi connectivity index (χ2n) is 9.40. The summed E-state index contributed by atoms with van der Waals surface area (Å²) in [4.78, 5) is 11.1. The molecule has 36 heavy (non-hydrogen) atoms. The van der Waals surface area contributed by atoms with Gasteiger partial charge in [0.1, 0.15) is 17.3 Å². The van der Waals surface area contributed by atoms with Crippen LogP contribution in [0.2, 0.25) is 0 Å². The number of benzene rings is 2. The van der Waals surface area contributed by atoms with Crippen molar-refractivity contribution in [3.8, 4) is 0 Å². The fourth-order valence-electron chi connectivity index (χ4n) is 5.19. The molecule has 0 bridgehead atoms. The van der Waals surface area contributed by atoms with Crippen LogP contribution in [-0.2, 0) is 12.6 Å². The Bertz CT molecular complexity index is 1460. The second kappa shape index (κ2) is 8.94. The van der Waals surface area contributed by atoms with E-state index in [1.54, 1.807) is 19.1 Å². The summed E-state index contributed by atoms with van der Waals surface area (Å²) < 4.78 is 84.8. The van der Waals surface area contributed by atoms with Crippen LogP contribution >= 0.6 is 0 Å². The Balaban J connectivity index is 1.66. The van der Waals surface area contributed by atoms with E-state index in [1.807, 2.05) is 0 Å². The van der Waals surface area contributed by atoms with Gasteiger partial charge in [0.2, 0.25) is 0 Å². The van der Waals surface area contributed by atoms with Gasteiger partial charge in [-0.3, -0.25) is 0 Å². The summed E-state index contributed by atoms with van der Waals surface area (Å²) in [6, 6.07) is 7.21. The maximum atomic E-state index is 15.3. The molecule has 2 aromatic heterocycles. The zero-order valence-electron chi connectivity index (χ0n) is 19.6. The molecule has 2 unspecified atom stereocenters. The Hall–Kier alpha value is -3.36. The van der Waals surface area contributed by atoms with Gasteiger partial charge in [0.25, 0.3) is 0 Å². The molecule has 1 aliphatic rings. The van der Waals surface area contributed by atoms with Crippen LogP contribution in [0.4, 0.5) is 26.3 Å². The number of fused-ring (bicyclic) bond motifs is 3. The van der Waals surface area contributed by atoms with Gasteiger partial charge >= 0.3 is 6.18 Å². The lowest BCUT2D eigenvalue weighted by atomic mass is 9.80. The Labute approximate surface area is 203 Å². The van der Waals surface area contributed by atoms with E-state index in [9.17, 15) is 17.6 Å². The Kier molecular flexibility index (Phi) is 6.04. The minimum atomic E-state index is -4.62. The van der Waals surface area contributed by atoms with Crippen LogP contribution in [0.15, 0.2) is 36.5 Å². The normalized spacial score (nSPS) is 18.7. The summed E-state index contributed by atoms with van der Waals surface area (Å²) in [7, 11) is 0. The average molecular weight is 503 g/mol. The van der Waals surface area contributed by atoms with Crippen molar-refractivity contribution in [2.75, 3.05) is 0 Å². The van der Waals surface area contributed by atoms with Crippen LogP contribution in [0.5, 0.6) is 0 Å². The zero-order valence-corrected chi connectivity index (χ0v) is 19.6. The topological polar surface area (TPSA) is 41.6 Å². The highest BCUT2D eigenvalue weighted by Gasteiger charge is 2.35. The SMILES string of the molecule is Cc1ccc(C2CCC(c3nccc(C(F)(F)F)n3)CCc3c2[nH]c2ccc(C)c(F)c32)c(F)c1F. The van der Waals surface area contributed by atoms with Gasteiger partial charge in [-0.2, -0.15) is 13.2 Å². The van der Waals surface area contributed by atoms with Gasteiger partial charge < -0.3 is 4.98 Å². The first-order valence-corrected chi connectivity index (χ1v) is 11.7. The maximum absolute atomic E-state index is 15.3. The lowest BCUT2D eigenvalue weighted by molar-refractivity contribution is -0.141. The van der Waals surface area contributed by atoms with Gasteiger partial charge in [-0.1, -0.05) is 18.2 Å². The Morgan fingerprint density at radius 3 is 2.33 bits per heavy atom. The molecule has 0 saturated heterocycles. The van der Waals surface area contributed by atoms with Crippen LogP contribution in [0.1, 0.15) is 70.6 Å². The molecule has 188 valence electrons. The van der Waals surface area contributed by atoms with E-state index in [0.717, 1.165) is 12.3 Å². The highest BCUT2D eigenvalue weighted by atomic mass is 19.4. The molecular formula is C27H23F6N3. The number of rotatable bonds is 2. The van der Waals surface area contributed by atoms with E-state index >= 15 is 8.78 Å². The molecule has 2 atom stereocenters. The van der Waals surface area contributed by atoms with Crippen LogP contribution in [0.3, 0.4) is 0 Å². The summed E-state index contributed by atoms with van der Waals surface area (Å²) in [5, 5.41) is 0.369. The van der Waals surface area contributed by atoms with Crippen molar-refractivity contribution in [2.24, 2.45) is 0 Å². The predicted octanol–water partition coefficient (Wildman–Crippen LogP) is 7.65. The fraction of sp³-hybridized carbons (Fsp3) is 0.333. The molecule has 0 saturated carbocycles. The van der Waals surface area contributed by atoms with E-state index in [0.29, 0.717) is 47.0 Å². The van der Waals surface area contributed by atoms with Gasteiger partial charge in [-0.25, -0.2) is 23.1 Å². The number of H-pyrrole nitrogens is 1. The van der Waals surface area contributed by atoms with Crippen molar-refractivity contribution in [1.82, 2.24) is 15.0 Å². The van der Waals surface area contributed by atoms with Crippen LogP contribution in [-0.4, -0.2) is 15.0 Å². The van der Waals surface area contributed by atoms with Gasteiger partial charge in [0, 0.05) is 34.6 Å². The molecule has 0 aliphatic heterocycles. The standard InChI is InChI=1S/C27H23F6N3/c1-13-4-10-19-21(22(13)28)18-9-6-15(26-34-12-11-20(36-26)27(31,32)33)5-8-17(25(18)35-19)16-7-3-14(2)23(29)24(16)30/h3-4,7,10-12,15,17,35H,5-6,8-9H2,1-2H3. The number of nitrogens with zero attached hydrogens (tertiary/aromatic N) is 2. The van der Waals surface area contributed by atoms with E-state index in [-0.39, 0.29) is 23.4 Å². The molecule has 2 heterocycles. The highest BCUT2D eigenvalue weighted by molar-refractivity contribution is 5.86. The zero-order chi connectivity index (χ0) is 25.8. The molecule has 0 amide bonds. The van der Waals surface area contributed by atoms with Gasteiger partial charge in [0.05, 0.1) is 0 Å². The summed E-state index contributed by atoms with van der Waals surface area (Å²) in [5.41, 5.74) is 1.44. The van der Waals surface area contributed by atoms with Crippen LogP contribution < -0.4 is 0 Å². The van der Waals surface area contributed by atoms with Crippen LogP contribution in [0.25, 0.3) is 10.9 Å². The van der Waals surface area contributed by atoms with Crippen molar-refractivity contribution in [3.05, 3.63) is 93.4 Å². The van der Waals surface area contributed by atoms with E-state index < -0.39 is 41.2 Å². The van der Waals surface area contributed by atoms with E-state index in [4.69, 9.17) is 0 Å². The minimum Gasteiger partial charge on any atom is -0.358 e. The number of hydrogen-bond acceptors (Lipinski definition) is 2. The third-order valence-electron chi connectivity index (χ3n) is 7.14. The molecule has 1 N–H and O–H groups in total. The van der Waals surface area contributed by atoms with Crippen molar-refractivity contribution in [2.45, 2.75) is 57.5 Å². The number of halogens is 6. The first kappa shape index (κ1) is 24.3. The first-order valence-electron chi connectivity index (χ1n) is 11.7.